The number of nitrogens with zero attached hydrogens (tertiary/aromatic N) is 3. The summed E-state index contributed by atoms with van der Waals surface area (Å²) in [5.41, 5.74) is 9.03. The first-order valence-electron chi connectivity index (χ1n) is 6.11. The van der Waals surface area contributed by atoms with Crippen molar-refractivity contribution in [3.63, 3.8) is 0 Å². The summed E-state index contributed by atoms with van der Waals surface area (Å²) < 4.78 is 25.1. The number of benzene rings is 1. The molecule has 1 rings (SSSR count). The molecule has 1 N–H and O–H groups in total. The molecule has 1 aromatic carbocycles. The van der Waals surface area contributed by atoms with Gasteiger partial charge in [-0.3, -0.25) is 9.52 Å². The van der Waals surface area contributed by atoms with E-state index in [0.29, 0.717) is 6.42 Å². The van der Waals surface area contributed by atoms with Gasteiger partial charge in [0.1, 0.15) is 0 Å². The van der Waals surface area contributed by atoms with Crippen molar-refractivity contribution in [2.24, 2.45) is 5.11 Å². The predicted molar refractivity (Wildman–Crippen MR) is 75.3 cm³/mol. The second-order valence-corrected chi connectivity index (χ2v) is 5.98. The normalized spacial score (nSPS) is 10.6. The van der Waals surface area contributed by atoms with E-state index < -0.39 is 15.9 Å². The number of sulfonamides is 1. The molecule has 0 atom stereocenters. The van der Waals surface area contributed by atoms with Crippen LogP contribution in [0.3, 0.4) is 0 Å². The van der Waals surface area contributed by atoms with Crippen LogP contribution in [0.25, 0.3) is 10.4 Å². The number of amides is 1. The minimum atomic E-state index is -3.65. The lowest BCUT2D eigenvalue weighted by Crippen LogP contribution is -2.32. The molecule has 0 aliphatic carbocycles. The van der Waals surface area contributed by atoms with Crippen molar-refractivity contribution >= 4 is 15.9 Å². The second kappa shape index (κ2) is 8.19. The molecule has 0 aliphatic heterocycles. The van der Waals surface area contributed by atoms with Crippen molar-refractivity contribution in [1.82, 2.24) is 4.72 Å². The number of hydrogen-bond acceptors (Lipinski definition) is 4. The molecule has 1 amide bonds. The molecule has 8 heteroatoms. The smallest absolute Gasteiger partial charge is 0.234 e. The highest BCUT2D eigenvalue weighted by Gasteiger charge is 2.13. The Morgan fingerprint density at radius 1 is 1.30 bits per heavy atom. The lowest BCUT2D eigenvalue weighted by molar-refractivity contribution is -0.119. The average molecular weight is 296 g/mol. The topological polar surface area (TPSA) is 112 Å². The standard InChI is InChI=1S/C12H16N4O3S/c13-16-14-9-4-10-20(18,19)15-12(17)8-7-11-5-2-1-3-6-11/h1-3,5-6H,4,7-10H2,(H,15,17). The Morgan fingerprint density at radius 3 is 2.65 bits per heavy atom. The van der Waals surface area contributed by atoms with Crippen LogP contribution in [0.4, 0.5) is 0 Å². The molecule has 0 aliphatic rings. The van der Waals surface area contributed by atoms with Crippen molar-refractivity contribution in [2.45, 2.75) is 19.3 Å². The van der Waals surface area contributed by atoms with Gasteiger partial charge in [-0.15, -0.1) is 0 Å². The zero-order valence-electron chi connectivity index (χ0n) is 10.9. The maximum Gasteiger partial charge on any atom is 0.234 e. The van der Waals surface area contributed by atoms with Gasteiger partial charge < -0.3 is 0 Å². The fraction of sp³-hybridized carbons (Fsp3) is 0.417. The van der Waals surface area contributed by atoms with Crippen LogP contribution in [0.1, 0.15) is 18.4 Å². The third-order valence-corrected chi connectivity index (χ3v) is 3.85. The van der Waals surface area contributed by atoms with Gasteiger partial charge in [0.05, 0.1) is 5.75 Å². The van der Waals surface area contributed by atoms with Gasteiger partial charge in [0.15, 0.2) is 0 Å². The van der Waals surface area contributed by atoms with E-state index in [1.54, 1.807) is 0 Å². The largest absolute Gasteiger partial charge is 0.274 e. The van der Waals surface area contributed by atoms with E-state index in [1.807, 2.05) is 35.1 Å². The number of carbonyl (C=O) groups is 1. The zero-order chi connectivity index (χ0) is 14.8. The first-order chi connectivity index (χ1) is 9.53. The van der Waals surface area contributed by atoms with Gasteiger partial charge in [0.25, 0.3) is 0 Å². The first-order valence-corrected chi connectivity index (χ1v) is 7.77. The summed E-state index contributed by atoms with van der Waals surface area (Å²) in [4.78, 5) is 14.1. The fourth-order valence-corrected chi connectivity index (χ4v) is 2.61. The molecular formula is C12H16N4O3S. The summed E-state index contributed by atoms with van der Waals surface area (Å²) in [5, 5.41) is 3.23. The van der Waals surface area contributed by atoms with Crippen LogP contribution in [-0.2, 0) is 21.2 Å². The van der Waals surface area contributed by atoms with Crippen molar-refractivity contribution in [3.05, 3.63) is 46.3 Å². The number of aryl methyl sites for hydroxylation is 1. The number of nitrogens with one attached hydrogen (secondary N) is 1. The van der Waals surface area contributed by atoms with Gasteiger partial charge in [-0.05, 0) is 23.9 Å². The van der Waals surface area contributed by atoms with Crippen LogP contribution < -0.4 is 4.72 Å². The van der Waals surface area contributed by atoms with Gasteiger partial charge >= 0.3 is 0 Å². The minimum absolute atomic E-state index is 0.0929. The average Bonchev–Trinajstić information content (AvgIpc) is 2.42. The van der Waals surface area contributed by atoms with Crippen molar-refractivity contribution in [1.29, 1.82) is 0 Å². The second-order valence-electron chi connectivity index (χ2n) is 4.14. The number of hydrogen-bond donors (Lipinski definition) is 1. The quantitative estimate of drug-likeness (QED) is 0.341. The minimum Gasteiger partial charge on any atom is -0.274 e. The number of carbonyl (C=O) groups excluding carboxylic acids is 1. The molecule has 0 fully saturated rings. The fourth-order valence-electron chi connectivity index (χ4n) is 1.55. The Balaban J connectivity index is 2.35. The highest BCUT2D eigenvalue weighted by atomic mass is 32.2. The zero-order valence-corrected chi connectivity index (χ0v) is 11.7. The molecule has 0 saturated carbocycles. The molecule has 0 aromatic heterocycles. The Hall–Kier alpha value is -2.05. The van der Waals surface area contributed by atoms with E-state index >= 15 is 0 Å². The number of azide groups is 1. The van der Waals surface area contributed by atoms with E-state index in [0.717, 1.165) is 5.56 Å². The SMILES string of the molecule is [N-]=[N+]=NCCCS(=O)(=O)NC(=O)CCc1ccccc1. The highest BCUT2D eigenvalue weighted by Crippen LogP contribution is 2.02. The van der Waals surface area contributed by atoms with Gasteiger partial charge in [-0.2, -0.15) is 0 Å². The Bertz CT molecular complexity index is 580. The lowest BCUT2D eigenvalue weighted by Gasteiger charge is -2.06. The molecule has 7 nitrogen and oxygen atoms in total. The van der Waals surface area contributed by atoms with E-state index in [4.69, 9.17) is 5.53 Å². The summed E-state index contributed by atoms with van der Waals surface area (Å²) in [5.74, 6) is -0.763. The van der Waals surface area contributed by atoms with E-state index in [1.165, 1.54) is 0 Å². The van der Waals surface area contributed by atoms with Crippen LogP contribution in [0.2, 0.25) is 0 Å². The van der Waals surface area contributed by atoms with Crippen LogP contribution >= 0.6 is 0 Å². The van der Waals surface area contributed by atoms with Gasteiger partial charge in [0.2, 0.25) is 15.9 Å². The lowest BCUT2D eigenvalue weighted by atomic mass is 10.1. The van der Waals surface area contributed by atoms with Crippen molar-refractivity contribution < 1.29 is 13.2 Å². The molecule has 0 heterocycles. The maximum atomic E-state index is 11.5. The third kappa shape index (κ3) is 6.77. The summed E-state index contributed by atoms with van der Waals surface area (Å²) in [6, 6.07) is 9.35. The molecule has 108 valence electrons. The summed E-state index contributed by atoms with van der Waals surface area (Å²) in [7, 11) is -3.65. The van der Waals surface area contributed by atoms with Crippen LogP contribution in [-0.4, -0.2) is 26.6 Å². The monoisotopic (exact) mass is 296 g/mol. The summed E-state index contributed by atoms with van der Waals surface area (Å²) in [6.07, 6.45) is 0.784. The summed E-state index contributed by atoms with van der Waals surface area (Å²) in [6.45, 7) is 0.0929. The van der Waals surface area contributed by atoms with Gasteiger partial charge in [-0.1, -0.05) is 35.4 Å². The first kappa shape index (κ1) is 16.0. The van der Waals surface area contributed by atoms with E-state index in [2.05, 4.69) is 10.0 Å². The van der Waals surface area contributed by atoms with E-state index in [9.17, 15) is 13.2 Å². The highest BCUT2D eigenvalue weighted by molar-refractivity contribution is 7.90. The molecular weight excluding hydrogens is 280 g/mol. The van der Waals surface area contributed by atoms with Crippen LogP contribution in [0.15, 0.2) is 35.4 Å². The Morgan fingerprint density at radius 2 is 2.00 bits per heavy atom. The Kier molecular flexibility index (Phi) is 6.55. The van der Waals surface area contributed by atoms with E-state index in [-0.39, 0.29) is 25.1 Å². The van der Waals surface area contributed by atoms with Gasteiger partial charge in [0, 0.05) is 17.9 Å². The summed E-state index contributed by atoms with van der Waals surface area (Å²) >= 11 is 0. The molecule has 0 spiro atoms. The Labute approximate surface area is 117 Å². The molecule has 0 bridgehead atoms. The molecule has 0 saturated heterocycles. The predicted octanol–water partition coefficient (Wildman–Crippen LogP) is 1.77. The third-order valence-electron chi connectivity index (χ3n) is 2.49. The molecule has 0 unspecified atom stereocenters. The molecule has 20 heavy (non-hydrogen) atoms. The van der Waals surface area contributed by atoms with Crippen molar-refractivity contribution in [3.8, 4) is 0 Å². The van der Waals surface area contributed by atoms with Crippen LogP contribution in [0, 0.1) is 0 Å². The van der Waals surface area contributed by atoms with Crippen LogP contribution in [0.5, 0.6) is 0 Å². The number of rotatable bonds is 8. The van der Waals surface area contributed by atoms with Gasteiger partial charge in [-0.25, -0.2) is 8.42 Å². The molecule has 0 radical (unpaired) electrons. The molecule has 1 aromatic rings. The van der Waals surface area contributed by atoms with Crippen molar-refractivity contribution in [2.75, 3.05) is 12.3 Å². The maximum absolute atomic E-state index is 11.5.